The molecule has 0 bridgehead atoms. The molecule has 2 N–H and O–H groups in total. The van der Waals surface area contributed by atoms with Gasteiger partial charge in [0.2, 0.25) is 5.91 Å². The Morgan fingerprint density at radius 2 is 1.95 bits per heavy atom. The molecule has 1 saturated heterocycles. The molecule has 22 heavy (non-hydrogen) atoms. The fourth-order valence-corrected chi connectivity index (χ4v) is 2.27. The van der Waals surface area contributed by atoms with Crippen LogP contribution in [0.15, 0.2) is 30.3 Å². The van der Waals surface area contributed by atoms with Crippen molar-refractivity contribution in [2.75, 3.05) is 6.54 Å². The van der Waals surface area contributed by atoms with Gasteiger partial charge in [0, 0.05) is 12.8 Å². The second-order valence-electron chi connectivity index (χ2n) is 5.29. The molecular formula is C14H15F5N2O. The third-order valence-electron chi connectivity index (χ3n) is 3.42. The van der Waals surface area contributed by atoms with Crippen molar-refractivity contribution in [3.05, 3.63) is 35.9 Å². The van der Waals surface area contributed by atoms with Crippen molar-refractivity contribution in [1.82, 2.24) is 10.6 Å². The number of hydrogen-bond donors (Lipinski definition) is 2. The van der Waals surface area contributed by atoms with E-state index in [1.807, 2.05) is 5.32 Å². The topological polar surface area (TPSA) is 41.1 Å². The van der Waals surface area contributed by atoms with Crippen LogP contribution in [0, 0.1) is 0 Å². The smallest absolute Gasteiger partial charge is 0.343 e. The second-order valence-corrected chi connectivity index (χ2v) is 5.29. The zero-order valence-corrected chi connectivity index (χ0v) is 11.5. The Bertz CT molecular complexity index is 518. The number of hydrogen-bond acceptors (Lipinski definition) is 2. The fourth-order valence-electron chi connectivity index (χ4n) is 2.27. The number of amides is 1. The molecule has 2 rings (SSSR count). The van der Waals surface area contributed by atoms with E-state index in [1.165, 1.54) is 12.1 Å². The van der Waals surface area contributed by atoms with Crippen molar-refractivity contribution in [2.45, 2.75) is 37.0 Å². The van der Waals surface area contributed by atoms with Gasteiger partial charge in [-0.1, -0.05) is 30.3 Å². The predicted molar refractivity (Wildman–Crippen MR) is 69.5 cm³/mol. The molecule has 8 heteroatoms. The molecule has 0 aromatic heterocycles. The molecule has 1 fully saturated rings. The largest absolute Gasteiger partial charge is 0.408 e. The Balaban J connectivity index is 2.03. The van der Waals surface area contributed by atoms with E-state index < -0.39 is 49.5 Å². The van der Waals surface area contributed by atoms with Gasteiger partial charge in [-0.3, -0.25) is 10.1 Å². The summed E-state index contributed by atoms with van der Waals surface area (Å²) in [6.45, 7) is -0.708. The van der Waals surface area contributed by atoms with E-state index in [1.54, 1.807) is 18.2 Å². The van der Waals surface area contributed by atoms with Crippen LogP contribution in [-0.4, -0.2) is 36.6 Å². The lowest BCUT2D eigenvalue weighted by Crippen LogP contribution is -2.51. The lowest BCUT2D eigenvalue weighted by Gasteiger charge is -2.23. The molecule has 1 amide bonds. The molecule has 0 radical (unpaired) electrons. The Hall–Kier alpha value is -1.70. The first-order valence-electron chi connectivity index (χ1n) is 6.70. The van der Waals surface area contributed by atoms with Gasteiger partial charge < -0.3 is 5.32 Å². The molecule has 0 spiro atoms. The van der Waals surface area contributed by atoms with Crippen LogP contribution in [0.2, 0.25) is 0 Å². The Kier molecular flexibility index (Phi) is 4.69. The quantitative estimate of drug-likeness (QED) is 0.835. The number of carbonyl (C=O) groups excluding carboxylic acids is 1. The summed E-state index contributed by atoms with van der Waals surface area (Å²) in [6.07, 6.45) is -5.90. The number of halogens is 5. The summed E-state index contributed by atoms with van der Waals surface area (Å²) < 4.78 is 65.1. The maximum atomic E-state index is 13.0. The third kappa shape index (κ3) is 4.40. The van der Waals surface area contributed by atoms with Crippen LogP contribution in [0.25, 0.3) is 0 Å². The van der Waals surface area contributed by atoms with Crippen LogP contribution in [-0.2, 0) is 11.2 Å². The summed E-state index contributed by atoms with van der Waals surface area (Å²) in [6, 6.07) is 4.43. The molecule has 1 aromatic rings. The molecule has 1 aliphatic rings. The number of rotatable bonds is 4. The van der Waals surface area contributed by atoms with Crippen LogP contribution >= 0.6 is 0 Å². The summed E-state index contributed by atoms with van der Waals surface area (Å²) in [5, 5.41) is 4.06. The van der Waals surface area contributed by atoms with Crippen LogP contribution in [0.3, 0.4) is 0 Å². The van der Waals surface area contributed by atoms with Gasteiger partial charge in [0.05, 0.1) is 12.6 Å². The average Bonchev–Trinajstić information content (AvgIpc) is 2.78. The second kappa shape index (κ2) is 6.20. The van der Waals surface area contributed by atoms with Crippen molar-refractivity contribution in [3.8, 4) is 0 Å². The summed E-state index contributed by atoms with van der Waals surface area (Å²) in [7, 11) is 0. The van der Waals surface area contributed by atoms with Crippen molar-refractivity contribution in [1.29, 1.82) is 0 Å². The predicted octanol–water partition coefficient (Wildman–Crippen LogP) is 2.27. The van der Waals surface area contributed by atoms with Gasteiger partial charge in [0.25, 0.3) is 5.92 Å². The maximum Gasteiger partial charge on any atom is 0.408 e. The molecule has 0 aliphatic carbocycles. The van der Waals surface area contributed by atoms with Crippen LogP contribution in [0.5, 0.6) is 0 Å². The van der Waals surface area contributed by atoms with Gasteiger partial charge in [0.1, 0.15) is 6.04 Å². The highest BCUT2D eigenvalue weighted by atomic mass is 19.4. The Morgan fingerprint density at radius 1 is 1.32 bits per heavy atom. The van der Waals surface area contributed by atoms with E-state index in [4.69, 9.17) is 0 Å². The summed E-state index contributed by atoms with van der Waals surface area (Å²) in [5.74, 6) is -4.13. The molecular weight excluding hydrogens is 307 g/mol. The Labute approximate surface area is 123 Å². The number of benzene rings is 1. The number of alkyl halides is 5. The van der Waals surface area contributed by atoms with E-state index in [0.717, 1.165) is 0 Å². The van der Waals surface area contributed by atoms with Gasteiger partial charge in [-0.15, -0.1) is 0 Å². The molecule has 2 unspecified atom stereocenters. The zero-order valence-electron chi connectivity index (χ0n) is 11.5. The molecule has 2 atom stereocenters. The van der Waals surface area contributed by atoms with Gasteiger partial charge in [0.15, 0.2) is 0 Å². The van der Waals surface area contributed by atoms with E-state index in [2.05, 4.69) is 5.32 Å². The highest BCUT2D eigenvalue weighted by Crippen LogP contribution is 2.27. The van der Waals surface area contributed by atoms with Gasteiger partial charge in [-0.2, -0.15) is 13.2 Å². The third-order valence-corrected chi connectivity index (χ3v) is 3.42. The highest BCUT2D eigenvalue weighted by Gasteiger charge is 2.45. The maximum absolute atomic E-state index is 13.0. The van der Waals surface area contributed by atoms with Gasteiger partial charge in [-0.25, -0.2) is 8.78 Å². The van der Waals surface area contributed by atoms with Crippen LogP contribution in [0.4, 0.5) is 22.0 Å². The minimum Gasteiger partial charge on any atom is -0.343 e. The molecule has 1 heterocycles. The first kappa shape index (κ1) is 16.7. The minimum atomic E-state index is -4.66. The molecule has 3 nitrogen and oxygen atoms in total. The molecule has 0 saturated carbocycles. The highest BCUT2D eigenvalue weighted by molar-refractivity contribution is 5.82. The first-order valence-corrected chi connectivity index (χ1v) is 6.70. The SMILES string of the molecule is O=C(NC(Cc1ccccc1)C(F)(F)F)C1CC(F)(F)CN1. The molecule has 122 valence electrons. The summed E-state index contributed by atoms with van der Waals surface area (Å²) in [5.41, 5.74) is 0.398. The summed E-state index contributed by atoms with van der Waals surface area (Å²) >= 11 is 0. The van der Waals surface area contributed by atoms with Crippen molar-refractivity contribution in [3.63, 3.8) is 0 Å². The van der Waals surface area contributed by atoms with E-state index in [9.17, 15) is 26.7 Å². The standard InChI is InChI=1S/C14H15F5N2O/c15-13(16)7-10(20-8-13)12(22)21-11(14(17,18)19)6-9-4-2-1-3-5-9/h1-5,10-11,20H,6-8H2,(H,21,22). The number of nitrogens with one attached hydrogen (secondary N) is 2. The minimum absolute atomic E-state index is 0.398. The van der Waals surface area contributed by atoms with Crippen LogP contribution in [0.1, 0.15) is 12.0 Å². The van der Waals surface area contributed by atoms with Gasteiger partial charge >= 0.3 is 6.18 Å². The summed E-state index contributed by atoms with van der Waals surface area (Å²) in [4.78, 5) is 11.8. The average molecular weight is 322 g/mol. The lowest BCUT2D eigenvalue weighted by molar-refractivity contribution is -0.162. The van der Waals surface area contributed by atoms with Crippen LogP contribution < -0.4 is 10.6 Å². The molecule has 1 aromatic carbocycles. The Morgan fingerprint density at radius 3 is 2.45 bits per heavy atom. The van der Waals surface area contributed by atoms with Gasteiger partial charge in [-0.05, 0) is 5.56 Å². The first-order chi connectivity index (χ1) is 10.2. The normalized spacial score (nSPS) is 22.3. The fraction of sp³-hybridized carbons (Fsp3) is 0.500. The monoisotopic (exact) mass is 322 g/mol. The van der Waals surface area contributed by atoms with Crippen molar-refractivity contribution >= 4 is 5.91 Å². The van der Waals surface area contributed by atoms with Crippen molar-refractivity contribution in [2.24, 2.45) is 0 Å². The lowest BCUT2D eigenvalue weighted by atomic mass is 10.0. The zero-order chi connectivity index (χ0) is 16.4. The van der Waals surface area contributed by atoms with E-state index in [-0.39, 0.29) is 0 Å². The number of carbonyl (C=O) groups is 1. The van der Waals surface area contributed by atoms with E-state index >= 15 is 0 Å². The van der Waals surface area contributed by atoms with Crippen molar-refractivity contribution < 1.29 is 26.7 Å². The van der Waals surface area contributed by atoms with E-state index in [0.29, 0.717) is 5.56 Å². The molecule has 1 aliphatic heterocycles.